The summed E-state index contributed by atoms with van der Waals surface area (Å²) in [4.78, 5) is 16.2. The smallest absolute Gasteiger partial charge is 0.266 e. The van der Waals surface area contributed by atoms with Gasteiger partial charge in [0, 0.05) is 20.1 Å². The monoisotopic (exact) mass is 292 g/mol. The molecule has 1 atom stereocenters. The Morgan fingerprint density at radius 1 is 1.55 bits per heavy atom. The Morgan fingerprint density at radius 3 is 2.90 bits per heavy atom. The van der Waals surface area contributed by atoms with E-state index in [0.717, 1.165) is 41.8 Å². The van der Waals surface area contributed by atoms with E-state index in [0.29, 0.717) is 16.5 Å². The normalized spacial score (nSPS) is 19.1. The van der Waals surface area contributed by atoms with Gasteiger partial charge in [0.2, 0.25) is 0 Å². The van der Waals surface area contributed by atoms with Gasteiger partial charge in [-0.15, -0.1) is 11.3 Å². The molecule has 5 nitrogen and oxygen atoms in total. The highest BCUT2D eigenvalue weighted by Gasteiger charge is 2.29. The average Bonchev–Trinajstić information content (AvgIpc) is 3.07. The fraction of sp³-hybridized carbons (Fsp3) is 0.571. The molecule has 6 heteroatoms. The third-order valence-corrected chi connectivity index (χ3v) is 5.49. The summed E-state index contributed by atoms with van der Waals surface area (Å²) in [7, 11) is 1.89. The van der Waals surface area contributed by atoms with Crippen molar-refractivity contribution in [2.75, 3.05) is 18.8 Å². The van der Waals surface area contributed by atoms with Gasteiger partial charge in [-0.1, -0.05) is 13.3 Å². The van der Waals surface area contributed by atoms with Crippen LogP contribution in [0.2, 0.25) is 0 Å². The van der Waals surface area contributed by atoms with Crippen LogP contribution < -0.4 is 5.73 Å². The summed E-state index contributed by atoms with van der Waals surface area (Å²) in [5.41, 5.74) is 7.69. The largest absolute Gasteiger partial charge is 0.397 e. The first kappa shape index (κ1) is 13.4. The Bertz CT molecular complexity index is 672. The topological polar surface area (TPSA) is 64.2 Å². The fourth-order valence-electron chi connectivity index (χ4n) is 2.98. The van der Waals surface area contributed by atoms with Crippen molar-refractivity contribution in [1.82, 2.24) is 14.7 Å². The van der Waals surface area contributed by atoms with E-state index in [-0.39, 0.29) is 5.91 Å². The number of aryl methyl sites for hydroxylation is 2. The van der Waals surface area contributed by atoms with Gasteiger partial charge in [-0.3, -0.25) is 9.48 Å². The average molecular weight is 292 g/mol. The molecule has 0 saturated carbocycles. The van der Waals surface area contributed by atoms with Crippen molar-refractivity contribution in [1.29, 1.82) is 0 Å². The number of hydrogen-bond donors (Lipinski definition) is 1. The van der Waals surface area contributed by atoms with Crippen LogP contribution in [0.1, 0.15) is 35.1 Å². The van der Waals surface area contributed by atoms with Crippen LogP contribution in [-0.4, -0.2) is 33.7 Å². The molecule has 0 spiro atoms. The number of hydrogen-bond acceptors (Lipinski definition) is 4. The van der Waals surface area contributed by atoms with Gasteiger partial charge in [-0.2, -0.15) is 5.10 Å². The predicted octanol–water partition coefficient (Wildman–Crippen LogP) is 2.40. The van der Waals surface area contributed by atoms with Gasteiger partial charge < -0.3 is 10.6 Å². The van der Waals surface area contributed by atoms with Crippen LogP contribution in [0.25, 0.3) is 10.2 Å². The van der Waals surface area contributed by atoms with Crippen LogP contribution in [-0.2, 0) is 7.05 Å². The summed E-state index contributed by atoms with van der Waals surface area (Å²) in [6, 6.07) is 0. The van der Waals surface area contributed by atoms with E-state index in [1.54, 1.807) is 4.68 Å². The number of thiophene rings is 1. The van der Waals surface area contributed by atoms with Gasteiger partial charge in [-0.25, -0.2) is 0 Å². The number of nitrogen functional groups attached to an aromatic ring is 1. The molecule has 0 aromatic carbocycles. The zero-order valence-electron chi connectivity index (χ0n) is 12.1. The molecule has 0 bridgehead atoms. The quantitative estimate of drug-likeness (QED) is 0.924. The molecule has 2 aromatic heterocycles. The Morgan fingerprint density at radius 2 is 2.30 bits per heavy atom. The SMILES string of the molecule is CCC1CCN(C(=O)c2sc3c(c(C)nn3C)c2N)C1. The minimum absolute atomic E-state index is 0.0825. The van der Waals surface area contributed by atoms with Gasteiger partial charge in [0.05, 0.1) is 16.8 Å². The van der Waals surface area contributed by atoms with E-state index in [2.05, 4.69) is 12.0 Å². The van der Waals surface area contributed by atoms with Gasteiger partial charge in [-0.05, 0) is 19.3 Å². The number of rotatable bonds is 2. The molecule has 1 fully saturated rings. The summed E-state index contributed by atoms with van der Waals surface area (Å²) in [5.74, 6) is 0.719. The van der Waals surface area contributed by atoms with Crippen molar-refractivity contribution in [2.24, 2.45) is 13.0 Å². The van der Waals surface area contributed by atoms with Crippen molar-refractivity contribution in [3.05, 3.63) is 10.6 Å². The lowest BCUT2D eigenvalue weighted by Gasteiger charge is -2.15. The van der Waals surface area contributed by atoms with E-state index < -0.39 is 0 Å². The number of carbonyl (C=O) groups is 1. The molecule has 1 saturated heterocycles. The van der Waals surface area contributed by atoms with Crippen LogP contribution in [0.4, 0.5) is 5.69 Å². The van der Waals surface area contributed by atoms with Crippen LogP contribution in [0, 0.1) is 12.8 Å². The number of aromatic nitrogens is 2. The molecule has 1 aliphatic rings. The van der Waals surface area contributed by atoms with Crippen LogP contribution in [0.5, 0.6) is 0 Å². The Balaban J connectivity index is 1.96. The van der Waals surface area contributed by atoms with Crippen molar-refractivity contribution >= 4 is 33.1 Å². The first-order chi connectivity index (χ1) is 9.52. The summed E-state index contributed by atoms with van der Waals surface area (Å²) in [6.45, 7) is 5.83. The second kappa shape index (κ2) is 4.77. The second-order valence-corrected chi connectivity index (χ2v) is 6.55. The highest BCUT2D eigenvalue weighted by atomic mass is 32.1. The number of carbonyl (C=O) groups excluding carboxylic acids is 1. The highest BCUT2D eigenvalue weighted by Crippen LogP contribution is 2.36. The second-order valence-electron chi connectivity index (χ2n) is 5.55. The van der Waals surface area contributed by atoms with E-state index >= 15 is 0 Å². The molecule has 1 amide bonds. The van der Waals surface area contributed by atoms with Gasteiger partial charge >= 0.3 is 0 Å². The first-order valence-electron chi connectivity index (χ1n) is 7.03. The van der Waals surface area contributed by atoms with Crippen molar-refractivity contribution < 1.29 is 4.79 Å². The van der Waals surface area contributed by atoms with Crippen LogP contribution >= 0.6 is 11.3 Å². The zero-order chi connectivity index (χ0) is 14.4. The van der Waals surface area contributed by atoms with E-state index in [1.807, 2.05) is 18.9 Å². The maximum absolute atomic E-state index is 12.6. The maximum Gasteiger partial charge on any atom is 0.266 e. The van der Waals surface area contributed by atoms with Crippen LogP contribution in [0.3, 0.4) is 0 Å². The molecular formula is C14H20N4OS. The Kier molecular flexibility index (Phi) is 3.20. The van der Waals surface area contributed by atoms with E-state index in [9.17, 15) is 4.79 Å². The molecule has 1 unspecified atom stereocenters. The molecule has 108 valence electrons. The molecule has 1 aliphatic heterocycles. The minimum Gasteiger partial charge on any atom is -0.397 e. The van der Waals surface area contributed by atoms with E-state index in [1.165, 1.54) is 11.3 Å². The highest BCUT2D eigenvalue weighted by molar-refractivity contribution is 7.21. The van der Waals surface area contributed by atoms with Crippen molar-refractivity contribution in [3.63, 3.8) is 0 Å². The molecule has 3 rings (SSSR count). The Labute approximate surface area is 122 Å². The summed E-state index contributed by atoms with van der Waals surface area (Å²) in [6.07, 6.45) is 2.24. The third kappa shape index (κ3) is 1.90. The lowest BCUT2D eigenvalue weighted by Crippen LogP contribution is -2.28. The number of fused-ring (bicyclic) bond motifs is 1. The van der Waals surface area contributed by atoms with Crippen LogP contribution in [0.15, 0.2) is 0 Å². The third-order valence-electron chi connectivity index (χ3n) is 4.23. The Hall–Kier alpha value is -1.56. The number of nitrogens with zero attached hydrogens (tertiary/aromatic N) is 3. The number of likely N-dealkylation sites (tertiary alicyclic amines) is 1. The van der Waals surface area contributed by atoms with Crippen molar-refractivity contribution in [2.45, 2.75) is 26.7 Å². The molecular weight excluding hydrogens is 272 g/mol. The molecule has 3 heterocycles. The van der Waals surface area contributed by atoms with Gasteiger partial charge in [0.1, 0.15) is 9.71 Å². The molecule has 20 heavy (non-hydrogen) atoms. The number of anilines is 1. The summed E-state index contributed by atoms with van der Waals surface area (Å²) >= 11 is 1.46. The van der Waals surface area contributed by atoms with Crippen molar-refractivity contribution in [3.8, 4) is 0 Å². The molecule has 2 N–H and O–H groups in total. The lowest BCUT2D eigenvalue weighted by molar-refractivity contribution is 0.0792. The van der Waals surface area contributed by atoms with Gasteiger partial charge in [0.25, 0.3) is 5.91 Å². The molecule has 2 aromatic rings. The number of nitrogens with two attached hydrogens (primary N) is 1. The summed E-state index contributed by atoms with van der Waals surface area (Å²) < 4.78 is 1.81. The molecule has 0 aliphatic carbocycles. The fourth-order valence-corrected chi connectivity index (χ4v) is 4.14. The van der Waals surface area contributed by atoms with Gasteiger partial charge in [0.15, 0.2) is 0 Å². The molecule has 0 radical (unpaired) electrons. The predicted molar refractivity (Wildman–Crippen MR) is 82.0 cm³/mol. The minimum atomic E-state index is 0.0825. The first-order valence-corrected chi connectivity index (χ1v) is 7.85. The maximum atomic E-state index is 12.6. The number of amides is 1. The zero-order valence-corrected chi connectivity index (χ0v) is 13.0. The lowest BCUT2D eigenvalue weighted by atomic mass is 10.1. The van der Waals surface area contributed by atoms with E-state index in [4.69, 9.17) is 5.73 Å². The standard InChI is InChI=1S/C14H20N4OS/c1-4-9-5-6-18(7-9)13(19)12-11(15)10-8(2)16-17(3)14(10)20-12/h9H,4-7,15H2,1-3H3. The summed E-state index contributed by atoms with van der Waals surface area (Å²) in [5, 5.41) is 5.29.